The number of hydrogen-bond donors (Lipinski definition) is 3. The van der Waals surface area contributed by atoms with Crippen molar-refractivity contribution in [3.8, 4) is 0 Å². The van der Waals surface area contributed by atoms with Crippen LogP contribution in [0.25, 0.3) is 0 Å². The fourth-order valence-electron chi connectivity index (χ4n) is 4.23. The first-order valence-corrected chi connectivity index (χ1v) is 13.4. The summed E-state index contributed by atoms with van der Waals surface area (Å²) in [6, 6.07) is 10.6. The van der Waals surface area contributed by atoms with E-state index in [4.69, 9.17) is 0 Å². The summed E-state index contributed by atoms with van der Waals surface area (Å²) in [5, 5.41) is 6.87. The van der Waals surface area contributed by atoms with Crippen LogP contribution in [0.5, 0.6) is 0 Å². The Hall–Kier alpha value is -3.31. The van der Waals surface area contributed by atoms with Gasteiger partial charge in [0.05, 0.1) is 5.56 Å². The van der Waals surface area contributed by atoms with Gasteiger partial charge in [0.25, 0.3) is 11.8 Å². The van der Waals surface area contributed by atoms with E-state index in [0.29, 0.717) is 18.4 Å². The van der Waals surface area contributed by atoms with Crippen LogP contribution in [0.3, 0.4) is 0 Å². The molecule has 1 fully saturated rings. The van der Waals surface area contributed by atoms with Crippen LogP contribution in [0, 0.1) is 0 Å². The zero-order valence-corrected chi connectivity index (χ0v) is 21.8. The third-order valence-electron chi connectivity index (χ3n) is 6.19. The summed E-state index contributed by atoms with van der Waals surface area (Å²) in [7, 11) is 0. The third kappa shape index (κ3) is 8.09. The predicted molar refractivity (Wildman–Crippen MR) is 141 cm³/mol. The molecule has 11 heteroatoms. The number of thioether (sulfide) groups is 1. The highest BCUT2D eigenvalue weighted by molar-refractivity contribution is 7.98. The van der Waals surface area contributed by atoms with Crippen LogP contribution in [-0.2, 0) is 11.0 Å². The standard InChI is InChI=1S/C27H31F3N4O3S/c1-3-15-31-34(26(37)19-7-6-8-20(16-19)27(28,29)30)17-24(35)32-22-9-4-5-10-23(22)33-25(36)18-11-13-21(38-2)14-12-18/h3,6-8,11-14,16,22-23,31H,1,4-5,9-10,15,17H2,2H3,(H,32,35)(H,33,36)/t22-,23+/m1/s1. The Morgan fingerprint density at radius 2 is 1.68 bits per heavy atom. The summed E-state index contributed by atoms with van der Waals surface area (Å²) in [4.78, 5) is 39.8. The summed E-state index contributed by atoms with van der Waals surface area (Å²) in [6.07, 6.45) is 1.88. The molecule has 0 heterocycles. The van der Waals surface area contributed by atoms with Crippen molar-refractivity contribution in [2.45, 2.75) is 48.8 Å². The van der Waals surface area contributed by atoms with Gasteiger partial charge in [-0.1, -0.05) is 25.0 Å². The molecule has 38 heavy (non-hydrogen) atoms. The number of hydrazine groups is 1. The molecule has 3 N–H and O–H groups in total. The molecule has 0 aliphatic heterocycles. The first-order valence-electron chi connectivity index (χ1n) is 12.2. The lowest BCUT2D eigenvalue weighted by molar-refractivity contribution is -0.137. The van der Waals surface area contributed by atoms with Crippen molar-refractivity contribution in [1.29, 1.82) is 0 Å². The molecule has 0 saturated heterocycles. The molecule has 0 bridgehead atoms. The minimum atomic E-state index is -4.61. The molecule has 2 aromatic carbocycles. The third-order valence-corrected chi connectivity index (χ3v) is 6.93. The number of carbonyl (C=O) groups excluding carboxylic acids is 3. The summed E-state index contributed by atoms with van der Waals surface area (Å²) < 4.78 is 39.4. The van der Waals surface area contributed by atoms with Crippen molar-refractivity contribution in [3.63, 3.8) is 0 Å². The first kappa shape index (κ1) is 29.2. The minimum absolute atomic E-state index is 0.120. The van der Waals surface area contributed by atoms with Gasteiger partial charge >= 0.3 is 6.18 Å². The van der Waals surface area contributed by atoms with Gasteiger partial charge in [0.1, 0.15) is 6.54 Å². The summed E-state index contributed by atoms with van der Waals surface area (Å²) in [5.41, 5.74) is 2.07. The molecule has 0 unspecified atom stereocenters. The summed E-state index contributed by atoms with van der Waals surface area (Å²) in [6.45, 7) is 3.25. The van der Waals surface area contributed by atoms with Crippen molar-refractivity contribution in [2.75, 3.05) is 19.3 Å². The molecule has 3 rings (SSSR count). The summed E-state index contributed by atoms with van der Waals surface area (Å²) >= 11 is 1.58. The molecule has 1 aliphatic carbocycles. The average Bonchev–Trinajstić information content (AvgIpc) is 2.91. The Bertz CT molecular complexity index is 1140. The summed E-state index contributed by atoms with van der Waals surface area (Å²) in [5.74, 6) is -1.52. The number of amides is 3. The molecule has 1 saturated carbocycles. The van der Waals surface area contributed by atoms with E-state index in [2.05, 4.69) is 22.6 Å². The lowest BCUT2D eigenvalue weighted by Crippen LogP contribution is -2.56. The van der Waals surface area contributed by atoms with Gasteiger partial charge in [-0.05, 0) is 61.6 Å². The number of hydrogen-bond acceptors (Lipinski definition) is 5. The van der Waals surface area contributed by atoms with E-state index in [1.165, 1.54) is 12.1 Å². The van der Waals surface area contributed by atoms with Crippen molar-refractivity contribution < 1.29 is 27.6 Å². The van der Waals surface area contributed by atoms with Crippen LogP contribution in [0.1, 0.15) is 52.0 Å². The molecule has 2 aromatic rings. The molecule has 0 spiro atoms. The Kier molecular flexibility index (Phi) is 10.4. The van der Waals surface area contributed by atoms with Gasteiger partial charge in [0.15, 0.2) is 0 Å². The maximum Gasteiger partial charge on any atom is 0.416 e. The van der Waals surface area contributed by atoms with Crippen molar-refractivity contribution in [3.05, 3.63) is 77.9 Å². The van der Waals surface area contributed by atoms with Gasteiger partial charge in [-0.2, -0.15) is 13.2 Å². The Balaban J connectivity index is 1.67. The van der Waals surface area contributed by atoms with E-state index < -0.39 is 30.1 Å². The van der Waals surface area contributed by atoms with E-state index in [1.807, 2.05) is 18.4 Å². The second kappa shape index (κ2) is 13.5. The van der Waals surface area contributed by atoms with Crippen molar-refractivity contribution >= 4 is 29.5 Å². The molecule has 3 amide bonds. The molecule has 7 nitrogen and oxygen atoms in total. The normalized spacial score (nSPS) is 17.4. The number of rotatable bonds is 10. The lowest BCUT2D eigenvalue weighted by Gasteiger charge is -2.33. The van der Waals surface area contributed by atoms with Gasteiger partial charge < -0.3 is 10.6 Å². The highest BCUT2D eigenvalue weighted by atomic mass is 32.2. The van der Waals surface area contributed by atoms with Gasteiger partial charge in [-0.25, -0.2) is 5.43 Å². The fraction of sp³-hybridized carbons (Fsp3) is 0.370. The van der Waals surface area contributed by atoms with Crippen LogP contribution in [0.2, 0.25) is 0 Å². The number of halogens is 3. The number of benzene rings is 2. The SMILES string of the molecule is C=CCNN(CC(=O)N[C@@H]1CCCC[C@@H]1NC(=O)c1ccc(SC)cc1)C(=O)c1cccc(C(F)(F)F)c1. The van der Waals surface area contributed by atoms with Crippen LogP contribution >= 0.6 is 11.8 Å². The second-order valence-electron chi connectivity index (χ2n) is 8.89. The fourth-order valence-corrected chi connectivity index (χ4v) is 4.63. The topological polar surface area (TPSA) is 90.5 Å². The zero-order valence-electron chi connectivity index (χ0n) is 21.0. The first-order chi connectivity index (χ1) is 18.1. The lowest BCUT2D eigenvalue weighted by atomic mass is 9.90. The van der Waals surface area contributed by atoms with Gasteiger partial charge in [-0.15, -0.1) is 18.3 Å². The smallest absolute Gasteiger partial charge is 0.350 e. The van der Waals surface area contributed by atoms with Gasteiger partial charge in [-0.3, -0.25) is 19.4 Å². The molecule has 2 atom stereocenters. The van der Waals surface area contributed by atoms with Crippen LogP contribution < -0.4 is 16.1 Å². The van der Waals surface area contributed by atoms with E-state index in [9.17, 15) is 27.6 Å². The van der Waals surface area contributed by atoms with E-state index in [1.54, 1.807) is 23.9 Å². The number of carbonyl (C=O) groups is 3. The Morgan fingerprint density at radius 1 is 1.03 bits per heavy atom. The maximum absolute atomic E-state index is 13.1. The highest BCUT2D eigenvalue weighted by Gasteiger charge is 2.32. The van der Waals surface area contributed by atoms with Gasteiger partial charge in [0, 0.05) is 34.7 Å². The molecule has 0 aromatic heterocycles. The van der Waals surface area contributed by atoms with E-state index >= 15 is 0 Å². The Morgan fingerprint density at radius 3 is 2.29 bits per heavy atom. The quantitative estimate of drug-likeness (QED) is 0.232. The van der Waals surface area contributed by atoms with Crippen LogP contribution in [-0.4, -0.2) is 54.2 Å². The maximum atomic E-state index is 13.1. The van der Waals surface area contributed by atoms with Crippen molar-refractivity contribution in [1.82, 2.24) is 21.1 Å². The number of nitrogens with zero attached hydrogens (tertiary/aromatic N) is 1. The van der Waals surface area contributed by atoms with E-state index in [0.717, 1.165) is 40.9 Å². The zero-order chi connectivity index (χ0) is 27.7. The molecular weight excluding hydrogens is 517 g/mol. The van der Waals surface area contributed by atoms with Crippen LogP contribution in [0.15, 0.2) is 66.1 Å². The van der Waals surface area contributed by atoms with E-state index in [-0.39, 0.29) is 30.1 Å². The van der Waals surface area contributed by atoms with Crippen molar-refractivity contribution in [2.24, 2.45) is 0 Å². The molecule has 0 radical (unpaired) electrons. The minimum Gasteiger partial charge on any atom is -0.350 e. The van der Waals surface area contributed by atoms with Gasteiger partial charge in [0.2, 0.25) is 5.91 Å². The average molecular weight is 549 g/mol. The molecule has 204 valence electrons. The number of nitrogens with one attached hydrogen (secondary N) is 3. The highest BCUT2D eigenvalue weighted by Crippen LogP contribution is 2.29. The molecular formula is C27H31F3N4O3S. The largest absolute Gasteiger partial charge is 0.416 e. The molecule has 1 aliphatic rings. The van der Waals surface area contributed by atoms with Crippen LogP contribution in [0.4, 0.5) is 13.2 Å². The predicted octanol–water partition coefficient (Wildman–Crippen LogP) is 4.42. The Labute approximate surface area is 224 Å². The second-order valence-corrected chi connectivity index (χ2v) is 9.77. The number of alkyl halides is 3. The monoisotopic (exact) mass is 548 g/mol.